The summed E-state index contributed by atoms with van der Waals surface area (Å²) >= 11 is 0. The maximum absolute atomic E-state index is 11.6. The molecular formula is C13H24N2O3. The zero-order valence-electron chi connectivity index (χ0n) is 11.5. The van der Waals surface area contributed by atoms with Gasteiger partial charge in [-0.2, -0.15) is 0 Å². The molecule has 2 amide bonds. The molecule has 1 aliphatic carbocycles. The first-order chi connectivity index (χ1) is 8.41. The average molecular weight is 256 g/mol. The third-order valence-electron chi connectivity index (χ3n) is 3.90. The van der Waals surface area contributed by atoms with Gasteiger partial charge in [-0.05, 0) is 30.6 Å². The fourth-order valence-corrected chi connectivity index (χ4v) is 2.13. The third kappa shape index (κ3) is 3.89. The molecule has 0 aromatic carbocycles. The zero-order chi connectivity index (χ0) is 13.8. The minimum atomic E-state index is -0.975. The number of nitrogens with one attached hydrogen (secondary N) is 2. The Morgan fingerprint density at radius 2 is 1.94 bits per heavy atom. The molecule has 5 nitrogen and oxygen atoms in total. The maximum Gasteiger partial charge on any atom is 0.326 e. The summed E-state index contributed by atoms with van der Waals surface area (Å²) in [4.78, 5) is 22.5. The van der Waals surface area contributed by atoms with Crippen molar-refractivity contribution >= 4 is 12.0 Å². The molecule has 1 atom stereocenters. The first kappa shape index (κ1) is 14.8. The average Bonchev–Trinajstić information content (AvgIpc) is 3.06. The molecule has 3 N–H and O–H groups in total. The summed E-state index contributed by atoms with van der Waals surface area (Å²) in [7, 11) is 0. The maximum atomic E-state index is 11.6. The van der Waals surface area contributed by atoms with E-state index in [1.807, 2.05) is 6.92 Å². The molecule has 1 aliphatic rings. The lowest BCUT2D eigenvalue weighted by Crippen LogP contribution is -2.47. The number of hydrogen-bond donors (Lipinski definition) is 3. The lowest BCUT2D eigenvalue weighted by molar-refractivity contribution is -0.139. The van der Waals surface area contributed by atoms with Gasteiger partial charge in [-0.3, -0.25) is 0 Å². The second kappa shape index (κ2) is 6.07. The molecule has 0 radical (unpaired) electrons. The van der Waals surface area contributed by atoms with Crippen LogP contribution in [-0.4, -0.2) is 29.7 Å². The van der Waals surface area contributed by atoms with E-state index in [4.69, 9.17) is 5.11 Å². The van der Waals surface area contributed by atoms with Crippen LogP contribution in [0.5, 0.6) is 0 Å². The van der Waals surface area contributed by atoms with Gasteiger partial charge in [0.1, 0.15) is 6.04 Å². The van der Waals surface area contributed by atoms with E-state index in [0.717, 1.165) is 19.3 Å². The lowest BCUT2D eigenvalue weighted by atomic mass is 9.92. The van der Waals surface area contributed by atoms with Crippen molar-refractivity contribution in [3.8, 4) is 0 Å². The fraction of sp³-hybridized carbons (Fsp3) is 0.846. The molecule has 0 saturated heterocycles. The topological polar surface area (TPSA) is 78.4 Å². The molecule has 1 saturated carbocycles. The summed E-state index contributed by atoms with van der Waals surface area (Å²) in [6.07, 6.45) is 3.47. The summed E-state index contributed by atoms with van der Waals surface area (Å²) in [6.45, 7) is 6.84. The SMILES string of the molecule is CCC[C@H](NC(=O)NCC1(C(C)C)CC1)C(=O)O. The van der Waals surface area contributed by atoms with Crippen LogP contribution >= 0.6 is 0 Å². The van der Waals surface area contributed by atoms with Crippen LogP contribution in [0.4, 0.5) is 4.79 Å². The highest BCUT2D eigenvalue weighted by Gasteiger charge is 2.45. The highest BCUT2D eigenvalue weighted by atomic mass is 16.4. The molecule has 0 aromatic rings. The van der Waals surface area contributed by atoms with Crippen LogP contribution in [0.1, 0.15) is 46.5 Å². The van der Waals surface area contributed by atoms with E-state index in [-0.39, 0.29) is 11.4 Å². The van der Waals surface area contributed by atoms with Crippen LogP contribution in [0, 0.1) is 11.3 Å². The highest BCUT2D eigenvalue weighted by molar-refractivity contribution is 5.82. The lowest BCUT2D eigenvalue weighted by Gasteiger charge is -2.21. The number of rotatable bonds is 7. The predicted octanol–water partition coefficient (Wildman–Crippen LogP) is 1.98. The monoisotopic (exact) mass is 256 g/mol. The van der Waals surface area contributed by atoms with E-state index in [1.165, 1.54) is 0 Å². The van der Waals surface area contributed by atoms with E-state index in [9.17, 15) is 9.59 Å². The van der Waals surface area contributed by atoms with Gasteiger partial charge in [0.2, 0.25) is 0 Å². The van der Waals surface area contributed by atoms with E-state index in [2.05, 4.69) is 24.5 Å². The number of carboxylic acid groups (broad SMARTS) is 1. The van der Waals surface area contributed by atoms with E-state index in [1.54, 1.807) is 0 Å². The molecule has 0 heterocycles. The Hall–Kier alpha value is -1.26. The van der Waals surface area contributed by atoms with Crippen molar-refractivity contribution in [1.82, 2.24) is 10.6 Å². The minimum Gasteiger partial charge on any atom is -0.480 e. The smallest absolute Gasteiger partial charge is 0.326 e. The molecule has 0 spiro atoms. The van der Waals surface area contributed by atoms with Crippen molar-refractivity contribution < 1.29 is 14.7 Å². The Kier molecular flexibility index (Phi) is 4.99. The van der Waals surface area contributed by atoms with Gasteiger partial charge in [-0.15, -0.1) is 0 Å². The van der Waals surface area contributed by atoms with Crippen LogP contribution in [-0.2, 0) is 4.79 Å². The van der Waals surface area contributed by atoms with Crippen molar-refractivity contribution in [2.45, 2.75) is 52.5 Å². The third-order valence-corrected chi connectivity index (χ3v) is 3.90. The molecule has 1 rings (SSSR count). The normalized spacial score (nSPS) is 18.2. The summed E-state index contributed by atoms with van der Waals surface area (Å²) < 4.78 is 0. The van der Waals surface area contributed by atoms with Gasteiger partial charge < -0.3 is 15.7 Å². The summed E-state index contributed by atoms with van der Waals surface area (Å²) in [5.41, 5.74) is 0.237. The van der Waals surface area contributed by atoms with E-state index in [0.29, 0.717) is 18.9 Å². The standard InChI is InChI=1S/C13H24N2O3/c1-4-5-10(11(16)17)15-12(18)14-8-13(6-7-13)9(2)3/h9-10H,4-8H2,1-3H3,(H,16,17)(H2,14,15,18)/t10-/m0/s1. The minimum absolute atomic E-state index is 0.237. The molecular weight excluding hydrogens is 232 g/mol. The molecule has 0 unspecified atom stereocenters. The van der Waals surface area contributed by atoms with Crippen LogP contribution in [0.15, 0.2) is 0 Å². The number of carboxylic acids is 1. The van der Waals surface area contributed by atoms with Gasteiger partial charge >= 0.3 is 12.0 Å². The van der Waals surface area contributed by atoms with Crippen LogP contribution < -0.4 is 10.6 Å². The number of carbonyl (C=O) groups excluding carboxylic acids is 1. The molecule has 18 heavy (non-hydrogen) atoms. The quantitative estimate of drug-likeness (QED) is 0.651. The van der Waals surface area contributed by atoms with Crippen molar-refractivity contribution in [2.24, 2.45) is 11.3 Å². The van der Waals surface area contributed by atoms with Gasteiger partial charge in [0, 0.05) is 6.54 Å². The molecule has 0 aromatic heterocycles. The first-order valence-corrected chi connectivity index (χ1v) is 6.68. The number of carbonyl (C=O) groups is 2. The second-order valence-electron chi connectivity index (χ2n) is 5.52. The summed E-state index contributed by atoms with van der Waals surface area (Å²) in [5, 5.41) is 14.2. The van der Waals surface area contributed by atoms with Crippen LogP contribution in [0.3, 0.4) is 0 Å². The summed E-state index contributed by atoms with van der Waals surface area (Å²) in [6, 6.07) is -1.16. The Bertz CT molecular complexity index is 311. The zero-order valence-corrected chi connectivity index (χ0v) is 11.5. The number of hydrogen-bond acceptors (Lipinski definition) is 2. The predicted molar refractivity (Wildman–Crippen MR) is 69.4 cm³/mol. The van der Waals surface area contributed by atoms with Gasteiger partial charge in [0.25, 0.3) is 0 Å². The molecule has 104 valence electrons. The molecule has 0 bridgehead atoms. The Morgan fingerprint density at radius 3 is 2.33 bits per heavy atom. The van der Waals surface area contributed by atoms with E-state index < -0.39 is 12.0 Å². The van der Waals surface area contributed by atoms with Gasteiger partial charge in [0.15, 0.2) is 0 Å². The molecule has 0 aliphatic heterocycles. The summed E-state index contributed by atoms with van der Waals surface area (Å²) in [5.74, 6) is -0.430. The molecule has 1 fully saturated rings. The first-order valence-electron chi connectivity index (χ1n) is 6.68. The van der Waals surface area contributed by atoms with Crippen molar-refractivity contribution in [2.75, 3.05) is 6.54 Å². The fourth-order valence-electron chi connectivity index (χ4n) is 2.13. The number of aliphatic carboxylic acids is 1. The Labute approximate surface area is 108 Å². The largest absolute Gasteiger partial charge is 0.480 e. The van der Waals surface area contributed by atoms with Crippen molar-refractivity contribution in [3.63, 3.8) is 0 Å². The van der Waals surface area contributed by atoms with Gasteiger partial charge in [0.05, 0.1) is 0 Å². The van der Waals surface area contributed by atoms with Crippen LogP contribution in [0.2, 0.25) is 0 Å². The highest BCUT2D eigenvalue weighted by Crippen LogP contribution is 2.51. The Morgan fingerprint density at radius 1 is 1.33 bits per heavy atom. The number of urea groups is 1. The van der Waals surface area contributed by atoms with E-state index >= 15 is 0 Å². The molecule has 5 heteroatoms. The van der Waals surface area contributed by atoms with Crippen molar-refractivity contribution in [3.05, 3.63) is 0 Å². The number of amides is 2. The van der Waals surface area contributed by atoms with Crippen LogP contribution in [0.25, 0.3) is 0 Å². The Balaban J connectivity index is 2.35. The second-order valence-corrected chi connectivity index (χ2v) is 5.52. The van der Waals surface area contributed by atoms with Gasteiger partial charge in [-0.25, -0.2) is 9.59 Å². The van der Waals surface area contributed by atoms with Gasteiger partial charge in [-0.1, -0.05) is 27.2 Å². The van der Waals surface area contributed by atoms with Crippen molar-refractivity contribution in [1.29, 1.82) is 0 Å².